The lowest BCUT2D eigenvalue weighted by molar-refractivity contribution is 0.0819. The molecule has 1 fully saturated rings. The lowest BCUT2D eigenvalue weighted by Crippen LogP contribution is -2.39. The minimum absolute atomic E-state index is 0.0726. The topological polar surface area (TPSA) is 76.6 Å². The van der Waals surface area contributed by atoms with Gasteiger partial charge in [0.1, 0.15) is 5.69 Å². The fourth-order valence-corrected chi connectivity index (χ4v) is 2.80. The van der Waals surface area contributed by atoms with E-state index in [0.29, 0.717) is 24.7 Å². The zero-order valence-corrected chi connectivity index (χ0v) is 14.2. The van der Waals surface area contributed by atoms with Gasteiger partial charge in [-0.2, -0.15) is 0 Å². The molecule has 25 heavy (non-hydrogen) atoms. The Morgan fingerprint density at radius 3 is 2.92 bits per heavy atom. The first-order valence-electron chi connectivity index (χ1n) is 8.31. The zero-order valence-electron chi connectivity index (χ0n) is 14.2. The number of carbonyl (C=O) groups is 1. The third-order valence-electron chi connectivity index (χ3n) is 4.06. The second kappa shape index (κ2) is 8.43. The summed E-state index contributed by atoms with van der Waals surface area (Å²) in [4.78, 5) is 22.7. The predicted molar refractivity (Wildman–Crippen MR) is 93.4 cm³/mol. The highest BCUT2D eigenvalue weighted by atomic mass is 16.5. The number of anilines is 1. The number of carbonyl (C=O) groups excluding carboxylic acids is 1. The van der Waals surface area contributed by atoms with E-state index in [4.69, 9.17) is 9.47 Å². The maximum atomic E-state index is 12.8. The molecule has 7 heteroatoms. The van der Waals surface area contributed by atoms with Crippen molar-refractivity contribution in [2.24, 2.45) is 0 Å². The molecule has 7 nitrogen and oxygen atoms in total. The van der Waals surface area contributed by atoms with Crippen molar-refractivity contribution in [2.45, 2.75) is 25.5 Å². The fourth-order valence-electron chi connectivity index (χ4n) is 2.80. The van der Waals surface area contributed by atoms with E-state index in [0.717, 1.165) is 25.0 Å². The van der Waals surface area contributed by atoms with Gasteiger partial charge in [-0.1, -0.05) is 0 Å². The summed E-state index contributed by atoms with van der Waals surface area (Å²) in [6, 6.07) is 7.12. The Kier molecular flexibility index (Phi) is 5.79. The number of methoxy groups -OCH3 is 1. The second-order valence-corrected chi connectivity index (χ2v) is 5.86. The highest BCUT2D eigenvalue weighted by Gasteiger charge is 2.23. The van der Waals surface area contributed by atoms with Gasteiger partial charge in [0.05, 0.1) is 13.2 Å². The van der Waals surface area contributed by atoms with Crippen molar-refractivity contribution in [3.63, 3.8) is 0 Å². The van der Waals surface area contributed by atoms with E-state index < -0.39 is 0 Å². The molecule has 0 spiro atoms. The molecular weight excluding hydrogens is 320 g/mol. The van der Waals surface area contributed by atoms with Gasteiger partial charge in [-0.05, 0) is 42.7 Å². The number of rotatable bonds is 6. The average molecular weight is 342 g/mol. The van der Waals surface area contributed by atoms with E-state index in [2.05, 4.69) is 15.3 Å². The van der Waals surface area contributed by atoms with E-state index in [-0.39, 0.29) is 12.1 Å². The number of pyridine rings is 2. The fraction of sp³-hybridized carbons (Fsp3) is 0.389. The Morgan fingerprint density at radius 1 is 1.36 bits per heavy atom. The average Bonchev–Trinajstić information content (AvgIpc) is 3.15. The molecule has 1 atom stereocenters. The van der Waals surface area contributed by atoms with E-state index in [1.54, 1.807) is 35.6 Å². The summed E-state index contributed by atoms with van der Waals surface area (Å²) < 4.78 is 10.9. The molecule has 1 saturated heterocycles. The molecule has 0 aliphatic carbocycles. The normalized spacial score (nSPS) is 16.4. The van der Waals surface area contributed by atoms with Crippen molar-refractivity contribution in [1.29, 1.82) is 0 Å². The Hall–Kier alpha value is -2.67. The summed E-state index contributed by atoms with van der Waals surface area (Å²) in [6.07, 6.45) is 7.14. The number of nitrogens with one attached hydrogen (secondary N) is 1. The third-order valence-corrected chi connectivity index (χ3v) is 4.06. The molecule has 3 heterocycles. The predicted octanol–water partition coefficient (Wildman–Crippen LogP) is 2.70. The van der Waals surface area contributed by atoms with Crippen molar-refractivity contribution < 1.29 is 14.3 Å². The van der Waals surface area contributed by atoms with Crippen molar-refractivity contribution in [1.82, 2.24) is 14.9 Å². The lowest BCUT2D eigenvalue weighted by atomic mass is 10.2. The Bertz CT molecular complexity index is 690. The van der Waals surface area contributed by atoms with Crippen LogP contribution in [0.15, 0.2) is 42.9 Å². The quantitative estimate of drug-likeness (QED) is 0.873. The zero-order chi connectivity index (χ0) is 17.5. The first kappa shape index (κ1) is 17.2. The minimum atomic E-state index is -0.210. The van der Waals surface area contributed by atoms with Crippen LogP contribution in [0.5, 0.6) is 5.88 Å². The van der Waals surface area contributed by atoms with E-state index >= 15 is 0 Å². The molecule has 1 aliphatic rings. The summed E-state index contributed by atoms with van der Waals surface area (Å²) in [6.45, 7) is 1.78. The molecule has 2 aromatic rings. The summed E-state index contributed by atoms with van der Waals surface area (Å²) >= 11 is 0. The standard InChI is InChI=1S/C18H22N4O3/c1-24-17-16(5-2-8-20-17)21-18(23)22(13-15-4-3-11-25-15)12-14-6-9-19-10-7-14/h2,5-10,15H,3-4,11-13H2,1H3,(H,21,23)/t15-/m0/s1. The van der Waals surface area contributed by atoms with Gasteiger partial charge in [-0.15, -0.1) is 0 Å². The molecule has 2 aromatic heterocycles. The molecule has 0 unspecified atom stereocenters. The number of nitrogens with zero attached hydrogens (tertiary/aromatic N) is 3. The van der Waals surface area contributed by atoms with Gasteiger partial charge >= 0.3 is 6.03 Å². The Balaban J connectivity index is 1.73. The van der Waals surface area contributed by atoms with Crippen LogP contribution in [0, 0.1) is 0 Å². The van der Waals surface area contributed by atoms with Crippen LogP contribution in [0.4, 0.5) is 10.5 Å². The molecule has 1 N–H and O–H groups in total. The van der Waals surface area contributed by atoms with Crippen molar-refractivity contribution in [2.75, 3.05) is 25.6 Å². The summed E-state index contributed by atoms with van der Waals surface area (Å²) in [5.74, 6) is 0.386. The van der Waals surface area contributed by atoms with E-state index in [9.17, 15) is 4.79 Å². The minimum Gasteiger partial charge on any atom is -0.480 e. The first-order chi connectivity index (χ1) is 12.3. The summed E-state index contributed by atoms with van der Waals surface area (Å²) in [5, 5.41) is 2.88. The molecular formula is C18H22N4O3. The van der Waals surface area contributed by atoms with Crippen molar-refractivity contribution in [3.8, 4) is 5.88 Å². The van der Waals surface area contributed by atoms with Crippen LogP contribution in [0.2, 0.25) is 0 Å². The smallest absolute Gasteiger partial charge is 0.322 e. The third kappa shape index (κ3) is 4.67. The molecule has 0 aromatic carbocycles. The number of ether oxygens (including phenoxy) is 2. The first-order valence-corrected chi connectivity index (χ1v) is 8.31. The van der Waals surface area contributed by atoms with Gasteiger partial charge in [0, 0.05) is 38.3 Å². The molecule has 3 rings (SSSR count). The summed E-state index contributed by atoms with van der Waals surface area (Å²) in [5.41, 5.74) is 1.56. The number of aromatic nitrogens is 2. The number of hydrogen-bond donors (Lipinski definition) is 1. The van der Waals surface area contributed by atoms with Crippen LogP contribution in [-0.2, 0) is 11.3 Å². The Morgan fingerprint density at radius 2 is 2.20 bits per heavy atom. The van der Waals surface area contributed by atoms with Crippen LogP contribution < -0.4 is 10.1 Å². The maximum absolute atomic E-state index is 12.8. The van der Waals surface area contributed by atoms with E-state index in [1.165, 1.54) is 7.11 Å². The molecule has 1 aliphatic heterocycles. The van der Waals surface area contributed by atoms with Crippen LogP contribution in [0.1, 0.15) is 18.4 Å². The largest absolute Gasteiger partial charge is 0.480 e. The van der Waals surface area contributed by atoms with Crippen LogP contribution >= 0.6 is 0 Å². The highest BCUT2D eigenvalue weighted by molar-refractivity contribution is 5.90. The molecule has 0 radical (unpaired) electrons. The monoisotopic (exact) mass is 342 g/mol. The van der Waals surface area contributed by atoms with Gasteiger partial charge in [0.15, 0.2) is 0 Å². The van der Waals surface area contributed by atoms with Gasteiger partial charge in [-0.3, -0.25) is 4.98 Å². The van der Waals surface area contributed by atoms with E-state index in [1.807, 2.05) is 12.1 Å². The van der Waals surface area contributed by atoms with Crippen LogP contribution in [0.3, 0.4) is 0 Å². The van der Waals surface area contributed by atoms with Gasteiger partial charge in [-0.25, -0.2) is 9.78 Å². The number of hydrogen-bond acceptors (Lipinski definition) is 5. The van der Waals surface area contributed by atoms with Crippen molar-refractivity contribution in [3.05, 3.63) is 48.4 Å². The lowest BCUT2D eigenvalue weighted by Gasteiger charge is -2.26. The molecule has 132 valence electrons. The SMILES string of the molecule is COc1ncccc1NC(=O)N(Cc1ccncc1)C[C@@H]1CCCO1. The highest BCUT2D eigenvalue weighted by Crippen LogP contribution is 2.21. The number of amides is 2. The maximum Gasteiger partial charge on any atom is 0.322 e. The van der Waals surface area contributed by atoms with Crippen LogP contribution in [-0.4, -0.2) is 47.3 Å². The molecule has 0 saturated carbocycles. The van der Waals surface area contributed by atoms with Gasteiger partial charge < -0.3 is 19.7 Å². The summed E-state index contributed by atoms with van der Waals surface area (Å²) in [7, 11) is 1.53. The molecule has 0 bridgehead atoms. The van der Waals surface area contributed by atoms with Crippen molar-refractivity contribution >= 4 is 11.7 Å². The van der Waals surface area contributed by atoms with Gasteiger partial charge in [0.25, 0.3) is 0 Å². The molecule has 2 amide bonds. The van der Waals surface area contributed by atoms with Gasteiger partial charge in [0.2, 0.25) is 5.88 Å². The van der Waals surface area contributed by atoms with Crippen LogP contribution in [0.25, 0.3) is 0 Å². The number of urea groups is 1. The Labute approximate surface area is 147 Å². The second-order valence-electron chi connectivity index (χ2n) is 5.86.